The zero-order valence-electron chi connectivity index (χ0n) is 15.9. The summed E-state index contributed by atoms with van der Waals surface area (Å²) in [7, 11) is 1.60. The number of amides is 1. The molecule has 0 atom stereocenters. The zero-order valence-corrected chi connectivity index (χ0v) is 16.7. The SMILES string of the molecule is COc1ccccc1C(=O)N1CCN(Cc2csc(-c3ccccc3)n2)CC1. The molecule has 0 radical (unpaired) electrons. The van der Waals surface area contributed by atoms with Gasteiger partial charge in [0.1, 0.15) is 10.8 Å². The highest BCUT2D eigenvalue weighted by atomic mass is 32.1. The molecule has 1 amide bonds. The van der Waals surface area contributed by atoms with E-state index in [4.69, 9.17) is 9.72 Å². The molecule has 4 rings (SSSR count). The molecule has 0 unspecified atom stereocenters. The summed E-state index contributed by atoms with van der Waals surface area (Å²) in [6.45, 7) is 3.94. The Labute approximate surface area is 169 Å². The van der Waals surface area contributed by atoms with Gasteiger partial charge in [-0.25, -0.2) is 4.98 Å². The molecule has 1 aromatic heterocycles. The maximum atomic E-state index is 12.8. The number of carbonyl (C=O) groups is 1. The highest BCUT2D eigenvalue weighted by Crippen LogP contribution is 2.24. The van der Waals surface area contributed by atoms with Crippen molar-refractivity contribution in [2.45, 2.75) is 6.54 Å². The van der Waals surface area contributed by atoms with Crippen LogP contribution >= 0.6 is 11.3 Å². The number of carbonyl (C=O) groups excluding carboxylic acids is 1. The monoisotopic (exact) mass is 393 g/mol. The van der Waals surface area contributed by atoms with E-state index in [1.54, 1.807) is 18.4 Å². The van der Waals surface area contributed by atoms with Crippen LogP contribution in [0.2, 0.25) is 0 Å². The molecule has 0 bridgehead atoms. The van der Waals surface area contributed by atoms with E-state index in [-0.39, 0.29) is 5.91 Å². The van der Waals surface area contributed by atoms with Crippen molar-refractivity contribution in [3.05, 3.63) is 71.2 Å². The highest BCUT2D eigenvalue weighted by molar-refractivity contribution is 7.13. The minimum absolute atomic E-state index is 0.0390. The van der Waals surface area contributed by atoms with Crippen LogP contribution in [0.1, 0.15) is 16.1 Å². The second kappa shape index (κ2) is 8.54. The quantitative estimate of drug-likeness (QED) is 0.662. The zero-order chi connectivity index (χ0) is 19.3. The average molecular weight is 394 g/mol. The van der Waals surface area contributed by atoms with Crippen LogP contribution in [0, 0.1) is 0 Å². The molecule has 1 aliphatic rings. The van der Waals surface area contributed by atoms with E-state index >= 15 is 0 Å². The minimum atomic E-state index is 0.0390. The molecule has 2 heterocycles. The molecule has 1 fully saturated rings. The second-order valence-corrected chi connectivity index (χ2v) is 7.64. The van der Waals surface area contributed by atoms with Gasteiger partial charge in [0.05, 0.1) is 18.4 Å². The smallest absolute Gasteiger partial charge is 0.257 e. The van der Waals surface area contributed by atoms with E-state index in [9.17, 15) is 4.79 Å². The predicted octanol–water partition coefficient (Wildman–Crippen LogP) is 3.78. The number of aromatic nitrogens is 1. The van der Waals surface area contributed by atoms with Gasteiger partial charge in [-0.15, -0.1) is 11.3 Å². The summed E-state index contributed by atoms with van der Waals surface area (Å²) in [4.78, 5) is 21.9. The van der Waals surface area contributed by atoms with Crippen LogP contribution < -0.4 is 4.74 Å². The number of hydrogen-bond donors (Lipinski definition) is 0. The van der Waals surface area contributed by atoms with Crippen molar-refractivity contribution in [1.29, 1.82) is 0 Å². The van der Waals surface area contributed by atoms with Gasteiger partial charge in [-0.3, -0.25) is 9.69 Å². The van der Waals surface area contributed by atoms with Gasteiger partial charge in [-0.1, -0.05) is 42.5 Å². The van der Waals surface area contributed by atoms with E-state index < -0.39 is 0 Å². The molecule has 144 valence electrons. The second-order valence-electron chi connectivity index (χ2n) is 6.78. The lowest BCUT2D eigenvalue weighted by molar-refractivity contribution is 0.0624. The maximum Gasteiger partial charge on any atom is 0.257 e. The summed E-state index contributed by atoms with van der Waals surface area (Å²) in [6, 6.07) is 17.7. The molecule has 0 N–H and O–H groups in total. The van der Waals surface area contributed by atoms with Crippen molar-refractivity contribution in [2.24, 2.45) is 0 Å². The lowest BCUT2D eigenvalue weighted by atomic mass is 10.1. The van der Waals surface area contributed by atoms with E-state index in [2.05, 4.69) is 22.4 Å². The van der Waals surface area contributed by atoms with E-state index in [1.165, 1.54) is 0 Å². The van der Waals surface area contributed by atoms with Crippen LogP contribution in [0.25, 0.3) is 10.6 Å². The minimum Gasteiger partial charge on any atom is -0.496 e. The third-order valence-corrected chi connectivity index (χ3v) is 5.90. The number of hydrogen-bond acceptors (Lipinski definition) is 5. The number of rotatable bonds is 5. The standard InChI is InChI=1S/C22H23N3O2S/c1-27-20-10-6-5-9-19(20)22(26)25-13-11-24(12-14-25)15-18-16-28-21(23-18)17-7-3-2-4-8-17/h2-10,16H,11-15H2,1H3. The summed E-state index contributed by atoms with van der Waals surface area (Å²) in [5.74, 6) is 0.669. The van der Waals surface area contributed by atoms with Crippen molar-refractivity contribution in [1.82, 2.24) is 14.8 Å². The normalized spacial score (nSPS) is 14.8. The Morgan fingerprint density at radius 2 is 1.75 bits per heavy atom. The van der Waals surface area contributed by atoms with Crippen LogP contribution in [0.5, 0.6) is 5.75 Å². The Balaban J connectivity index is 1.35. The molecule has 5 nitrogen and oxygen atoms in total. The van der Waals surface area contributed by atoms with Crippen molar-refractivity contribution in [3.63, 3.8) is 0 Å². The van der Waals surface area contributed by atoms with E-state index in [1.807, 2.05) is 47.4 Å². The molecule has 1 aliphatic heterocycles. The Morgan fingerprint density at radius 3 is 2.50 bits per heavy atom. The number of piperazine rings is 1. The van der Waals surface area contributed by atoms with E-state index in [0.29, 0.717) is 24.4 Å². The summed E-state index contributed by atoms with van der Waals surface area (Å²) >= 11 is 1.68. The Kier molecular flexibility index (Phi) is 5.69. The summed E-state index contributed by atoms with van der Waals surface area (Å²) in [5.41, 5.74) is 2.88. The van der Waals surface area contributed by atoms with E-state index in [0.717, 1.165) is 35.9 Å². The number of benzene rings is 2. The fourth-order valence-electron chi connectivity index (χ4n) is 3.42. The molecule has 28 heavy (non-hydrogen) atoms. The molecule has 0 aliphatic carbocycles. The molecule has 2 aromatic carbocycles. The molecule has 0 spiro atoms. The number of thiazole rings is 1. The van der Waals surface area contributed by atoms with Crippen molar-refractivity contribution >= 4 is 17.2 Å². The molecular formula is C22H23N3O2S. The first-order valence-electron chi connectivity index (χ1n) is 9.39. The average Bonchev–Trinajstić information content (AvgIpc) is 3.23. The van der Waals surface area contributed by atoms with Gasteiger partial charge >= 0.3 is 0 Å². The van der Waals surface area contributed by atoms with Gasteiger partial charge in [0.25, 0.3) is 5.91 Å². The number of para-hydroxylation sites is 1. The number of nitrogens with zero attached hydrogens (tertiary/aromatic N) is 3. The van der Waals surface area contributed by atoms with Crippen LogP contribution in [-0.2, 0) is 6.54 Å². The number of methoxy groups -OCH3 is 1. The maximum absolute atomic E-state index is 12.8. The van der Waals surface area contributed by atoms with Crippen LogP contribution in [0.15, 0.2) is 60.0 Å². The van der Waals surface area contributed by atoms with Gasteiger partial charge in [-0.2, -0.15) is 0 Å². The molecule has 0 saturated carbocycles. The Bertz CT molecular complexity index is 934. The third-order valence-electron chi connectivity index (χ3n) is 4.95. The fourth-order valence-corrected chi connectivity index (χ4v) is 4.24. The highest BCUT2D eigenvalue weighted by Gasteiger charge is 2.24. The van der Waals surface area contributed by atoms with Gasteiger partial charge in [0, 0.05) is 43.7 Å². The lowest BCUT2D eigenvalue weighted by Gasteiger charge is -2.34. The van der Waals surface area contributed by atoms with Gasteiger partial charge in [0.15, 0.2) is 0 Å². The van der Waals surface area contributed by atoms with Crippen molar-refractivity contribution in [2.75, 3.05) is 33.3 Å². The topological polar surface area (TPSA) is 45.7 Å². The Morgan fingerprint density at radius 1 is 1.04 bits per heavy atom. The number of ether oxygens (including phenoxy) is 1. The van der Waals surface area contributed by atoms with Crippen molar-refractivity contribution < 1.29 is 9.53 Å². The summed E-state index contributed by atoms with van der Waals surface area (Å²) in [6.07, 6.45) is 0. The summed E-state index contributed by atoms with van der Waals surface area (Å²) < 4.78 is 5.33. The third kappa shape index (κ3) is 4.08. The lowest BCUT2D eigenvalue weighted by Crippen LogP contribution is -2.48. The van der Waals surface area contributed by atoms with Crippen LogP contribution in [0.4, 0.5) is 0 Å². The van der Waals surface area contributed by atoms with Gasteiger partial charge in [0.2, 0.25) is 0 Å². The Hall–Kier alpha value is -2.70. The molecule has 1 saturated heterocycles. The van der Waals surface area contributed by atoms with Gasteiger partial charge in [-0.05, 0) is 12.1 Å². The summed E-state index contributed by atoms with van der Waals surface area (Å²) in [5, 5.41) is 3.19. The van der Waals surface area contributed by atoms with Gasteiger partial charge < -0.3 is 9.64 Å². The first-order chi connectivity index (χ1) is 13.7. The first-order valence-corrected chi connectivity index (χ1v) is 10.3. The molecule has 3 aromatic rings. The largest absolute Gasteiger partial charge is 0.496 e. The first kappa shape index (κ1) is 18.7. The van der Waals surface area contributed by atoms with Crippen LogP contribution in [0.3, 0.4) is 0 Å². The van der Waals surface area contributed by atoms with Crippen molar-refractivity contribution in [3.8, 4) is 16.3 Å². The molecular weight excluding hydrogens is 370 g/mol. The molecule has 6 heteroatoms. The fraction of sp³-hybridized carbons (Fsp3) is 0.273. The van der Waals surface area contributed by atoms with Crippen LogP contribution in [-0.4, -0.2) is 54.0 Å². The predicted molar refractivity (Wildman–Crippen MR) is 112 cm³/mol.